The Kier molecular flexibility index (Phi) is 4.08. The van der Waals surface area contributed by atoms with Crippen LogP contribution in [0.5, 0.6) is 0 Å². The number of aliphatic imine (C=N–C) groups is 1. The molecule has 0 saturated heterocycles. The number of fused-ring (bicyclic) bond motifs is 3. The van der Waals surface area contributed by atoms with E-state index in [9.17, 15) is 4.79 Å². The van der Waals surface area contributed by atoms with Crippen molar-refractivity contribution in [3.63, 3.8) is 0 Å². The molecule has 122 valence electrons. The van der Waals surface area contributed by atoms with Crippen molar-refractivity contribution in [2.24, 2.45) is 10.1 Å². The van der Waals surface area contributed by atoms with Crippen LogP contribution in [0.3, 0.4) is 0 Å². The van der Waals surface area contributed by atoms with Crippen molar-refractivity contribution in [1.82, 2.24) is 10.3 Å². The molecule has 0 bridgehead atoms. The van der Waals surface area contributed by atoms with E-state index >= 15 is 0 Å². The fourth-order valence-corrected chi connectivity index (χ4v) is 3.59. The molecule has 3 heterocycles. The maximum Gasteiger partial charge on any atom is 0.230 e. The highest BCUT2D eigenvalue weighted by Gasteiger charge is 2.32. The van der Waals surface area contributed by atoms with Gasteiger partial charge in [-0.25, -0.2) is 10.0 Å². The molecule has 2 aliphatic rings. The van der Waals surface area contributed by atoms with Crippen LogP contribution in [-0.4, -0.2) is 28.1 Å². The Morgan fingerprint density at radius 1 is 1.33 bits per heavy atom. The number of hydrogen-bond acceptors (Lipinski definition) is 6. The first-order chi connectivity index (χ1) is 11.8. The van der Waals surface area contributed by atoms with Crippen molar-refractivity contribution in [3.05, 3.63) is 54.0 Å². The molecule has 0 saturated carbocycles. The molecule has 2 aliphatic heterocycles. The predicted octanol–water partition coefficient (Wildman–Crippen LogP) is 3.06. The first-order valence-corrected chi connectivity index (χ1v) is 8.71. The number of nitrogens with one attached hydrogen (secondary N) is 1. The fourth-order valence-electron chi connectivity index (χ4n) is 2.76. The molecule has 1 aromatic carbocycles. The van der Waals surface area contributed by atoms with E-state index < -0.39 is 0 Å². The van der Waals surface area contributed by atoms with Gasteiger partial charge in [0.15, 0.2) is 5.17 Å². The Hall–Kier alpha value is -2.54. The minimum Gasteiger partial charge on any atom is -0.467 e. The maximum atomic E-state index is 12.0. The van der Waals surface area contributed by atoms with Crippen molar-refractivity contribution in [1.29, 1.82) is 0 Å². The lowest BCUT2D eigenvalue weighted by atomic mass is 10.0. The lowest BCUT2D eigenvalue weighted by Crippen LogP contribution is -2.30. The Labute approximate surface area is 143 Å². The van der Waals surface area contributed by atoms with E-state index in [0.717, 1.165) is 23.0 Å². The first kappa shape index (κ1) is 15.0. The number of amides is 1. The zero-order chi connectivity index (χ0) is 16.4. The van der Waals surface area contributed by atoms with Crippen molar-refractivity contribution in [2.45, 2.75) is 19.0 Å². The molecular weight excluding hydrogens is 324 g/mol. The molecule has 0 unspecified atom stereocenters. The van der Waals surface area contributed by atoms with Gasteiger partial charge in [-0.05, 0) is 18.2 Å². The number of para-hydroxylation sites is 1. The second-order valence-electron chi connectivity index (χ2n) is 5.49. The molecule has 1 aromatic heterocycles. The number of benzene rings is 1. The molecule has 0 fully saturated rings. The molecule has 2 aromatic rings. The van der Waals surface area contributed by atoms with E-state index in [1.807, 2.05) is 35.5 Å². The van der Waals surface area contributed by atoms with Crippen molar-refractivity contribution >= 4 is 34.7 Å². The van der Waals surface area contributed by atoms with Crippen LogP contribution in [0.15, 0.2) is 57.2 Å². The third-order valence-corrected chi connectivity index (χ3v) is 4.85. The lowest BCUT2D eigenvalue weighted by molar-refractivity contribution is -0.118. The molecule has 1 amide bonds. The third-order valence-electron chi connectivity index (χ3n) is 3.91. The summed E-state index contributed by atoms with van der Waals surface area (Å²) < 4.78 is 5.20. The van der Waals surface area contributed by atoms with E-state index in [1.165, 1.54) is 17.3 Å². The first-order valence-electron chi connectivity index (χ1n) is 7.72. The summed E-state index contributed by atoms with van der Waals surface area (Å²) in [5.74, 6) is 0.972. The second-order valence-corrected chi connectivity index (χ2v) is 6.43. The van der Waals surface area contributed by atoms with Gasteiger partial charge in [-0.1, -0.05) is 30.0 Å². The van der Waals surface area contributed by atoms with Crippen LogP contribution in [0, 0.1) is 0 Å². The third kappa shape index (κ3) is 2.94. The van der Waals surface area contributed by atoms with Gasteiger partial charge in [-0.3, -0.25) is 4.79 Å². The monoisotopic (exact) mass is 340 g/mol. The summed E-state index contributed by atoms with van der Waals surface area (Å²) >= 11 is 1.40. The van der Waals surface area contributed by atoms with Gasteiger partial charge >= 0.3 is 0 Å². The van der Waals surface area contributed by atoms with Gasteiger partial charge in [0.1, 0.15) is 5.76 Å². The predicted molar refractivity (Wildman–Crippen MR) is 94.2 cm³/mol. The summed E-state index contributed by atoms with van der Waals surface area (Å²) in [6.07, 6.45) is 4.36. The number of hydrazone groups is 1. The minimum atomic E-state index is -0.0577. The van der Waals surface area contributed by atoms with E-state index in [1.54, 1.807) is 12.3 Å². The molecule has 4 rings (SSSR count). The summed E-state index contributed by atoms with van der Waals surface area (Å²) in [4.78, 5) is 16.7. The van der Waals surface area contributed by atoms with Crippen LogP contribution >= 0.6 is 11.8 Å². The molecule has 7 heteroatoms. The van der Waals surface area contributed by atoms with Gasteiger partial charge in [0.2, 0.25) is 5.91 Å². The number of amidine groups is 1. The Morgan fingerprint density at radius 2 is 2.25 bits per heavy atom. The molecule has 1 N–H and O–H groups in total. The van der Waals surface area contributed by atoms with E-state index in [4.69, 9.17) is 4.42 Å². The van der Waals surface area contributed by atoms with Crippen LogP contribution < -0.4 is 5.32 Å². The fraction of sp³-hybridized carbons (Fsp3) is 0.235. The number of nitrogens with zero attached hydrogens (tertiary/aromatic N) is 3. The normalized spacial score (nSPS) is 18.1. The zero-order valence-corrected chi connectivity index (χ0v) is 13.7. The Morgan fingerprint density at radius 3 is 3.12 bits per heavy atom. The van der Waals surface area contributed by atoms with Crippen molar-refractivity contribution < 1.29 is 9.21 Å². The highest BCUT2D eigenvalue weighted by Crippen LogP contribution is 2.40. The quantitative estimate of drug-likeness (QED) is 0.929. The minimum absolute atomic E-state index is 0.0577. The highest BCUT2D eigenvalue weighted by atomic mass is 32.2. The topological polar surface area (TPSA) is 70.2 Å². The summed E-state index contributed by atoms with van der Waals surface area (Å²) in [5.41, 5.74) is 2.14. The molecular formula is C17H16N4O2S. The summed E-state index contributed by atoms with van der Waals surface area (Å²) in [6.45, 7) is 0.395. The molecule has 6 nitrogen and oxygen atoms in total. The van der Waals surface area contributed by atoms with Crippen LogP contribution in [0.1, 0.15) is 23.8 Å². The van der Waals surface area contributed by atoms with Gasteiger partial charge < -0.3 is 9.73 Å². The average molecular weight is 340 g/mol. The van der Waals surface area contributed by atoms with Gasteiger partial charge in [0, 0.05) is 18.2 Å². The van der Waals surface area contributed by atoms with Gasteiger partial charge in [-0.15, -0.1) is 0 Å². The van der Waals surface area contributed by atoms with Crippen LogP contribution in [0.2, 0.25) is 0 Å². The Balaban J connectivity index is 1.41. The number of carbonyl (C=O) groups excluding carboxylic acids is 1. The summed E-state index contributed by atoms with van der Waals surface area (Å²) in [6, 6.07) is 11.9. The van der Waals surface area contributed by atoms with E-state index in [0.29, 0.717) is 12.3 Å². The smallest absolute Gasteiger partial charge is 0.230 e. The zero-order valence-electron chi connectivity index (χ0n) is 12.9. The van der Waals surface area contributed by atoms with E-state index in [-0.39, 0.29) is 11.9 Å². The van der Waals surface area contributed by atoms with Gasteiger partial charge in [-0.2, -0.15) is 5.10 Å². The summed E-state index contributed by atoms with van der Waals surface area (Å²) in [7, 11) is 0. The average Bonchev–Trinajstić information content (AvgIpc) is 3.29. The van der Waals surface area contributed by atoms with Crippen LogP contribution in [0.25, 0.3) is 0 Å². The van der Waals surface area contributed by atoms with Gasteiger partial charge in [0.25, 0.3) is 0 Å². The van der Waals surface area contributed by atoms with Crippen molar-refractivity contribution in [2.75, 3.05) is 5.75 Å². The van der Waals surface area contributed by atoms with Crippen LogP contribution in [0.4, 0.5) is 5.69 Å². The molecule has 0 aliphatic carbocycles. The van der Waals surface area contributed by atoms with Gasteiger partial charge in [0.05, 0.1) is 30.3 Å². The van der Waals surface area contributed by atoms with E-state index in [2.05, 4.69) is 21.5 Å². The highest BCUT2D eigenvalue weighted by molar-refractivity contribution is 8.14. The van der Waals surface area contributed by atoms with Crippen LogP contribution in [-0.2, 0) is 11.3 Å². The molecule has 1 atom stereocenters. The second kappa shape index (κ2) is 6.52. The summed E-state index contributed by atoms with van der Waals surface area (Å²) in [5, 5.41) is 9.92. The SMILES string of the molecule is O=C(CSC1=Nc2ccccc2[C@H]2CC=NN12)NCc1ccco1. The Bertz CT molecular complexity index is 801. The maximum absolute atomic E-state index is 12.0. The van der Waals surface area contributed by atoms with Crippen molar-refractivity contribution in [3.8, 4) is 0 Å². The molecule has 24 heavy (non-hydrogen) atoms. The molecule has 0 radical (unpaired) electrons. The lowest BCUT2D eigenvalue weighted by Gasteiger charge is -2.29. The number of rotatable bonds is 4. The number of thioether (sulfide) groups is 1. The number of carbonyl (C=O) groups is 1. The molecule has 0 spiro atoms. The largest absolute Gasteiger partial charge is 0.467 e. The standard InChI is InChI=1S/C17H16N4O2S/c22-16(18-10-12-4-3-9-23-12)11-24-17-20-14-6-2-1-5-13(14)15-7-8-19-21(15)17/h1-6,8-9,15H,7,10-11H2,(H,18,22)/t15-/m1/s1. The number of furan rings is 1. The number of hydrogen-bond donors (Lipinski definition) is 1.